The van der Waals surface area contributed by atoms with Gasteiger partial charge < -0.3 is 15.5 Å². The molecule has 8 nitrogen and oxygen atoms in total. The molecular formula is C17H25N5O3. The van der Waals surface area contributed by atoms with Crippen LogP contribution in [0, 0.1) is 11.3 Å². The first kappa shape index (κ1) is 20.3. The Morgan fingerprint density at radius 2 is 2.16 bits per heavy atom. The normalized spacial score (nSPS) is 11.5. The van der Waals surface area contributed by atoms with E-state index >= 15 is 0 Å². The maximum absolute atomic E-state index is 12.2. The number of hydrogen-bond acceptors (Lipinski definition) is 6. The molecule has 1 aromatic heterocycles. The van der Waals surface area contributed by atoms with Crippen LogP contribution in [0.3, 0.4) is 0 Å². The van der Waals surface area contributed by atoms with Crippen LogP contribution in [0.5, 0.6) is 5.75 Å². The number of carbonyl (C=O) groups excluding carboxylic acids is 1. The molecule has 0 aromatic carbocycles. The topological polar surface area (TPSA) is 109 Å². The second kappa shape index (κ2) is 9.51. The van der Waals surface area contributed by atoms with Gasteiger partial charge in [0.05, 0.1) is 6.61 Å². The molecule has 0 aliphatic carbocycles. The predicted octanol–water partition coefficient (Wildman–Crippen LogP) is 1.71. The van der Waals surface area contributed by atoms with Crippen molar-refractivity contribution < 1.29 is 9.53 Å². The molecule has 1 rings (SSSR count). The van der Waals surface area contributed by atoms with Gasteiger partial charge in [0.2, 0.25) is 5.91 Å². The average Bonchev–Trinajstić information content (AvgIpc) is 2.54. The molecule has 25 heavy (non-hydrogen) atoms. The highest BCUT2D eigenvalue weighted by Gasteiger charge is 2.16. The minimum Gasteiger partial charge on any atom is -0.491 e. The lowest BCUT2D eigenvalue weighted by molar-refractivity contribution is -0.121. The molecule has 0 saturated carbocycles. The van der Waals surface area contributed by atoms with Gasteiger partial charge in [-0.2, -0.15) is 5.10 Å². The number of amides is 1. The fraction of sp³-hybridized carbons (Fsp3) is 0.471. The molecule has 0 fully saturated rings. The third-order valence-corrected chi connectivity index (χ3v) is 3.08. The molecule has 0 unspecified atom stereocenters. The summed E-state index contributed by atoms with van der Waals surface area (Å²) in [6, 6.07) is 1.36. The summed E-state index contributed by atoms with van der Waals surface area (Å²) < 4.78 is 6.76. The molecule has 0 spiro atoms. The molecule has 8 heteroatoms. The molecule has 0 radical (unpaired) electrons. The van der Waals surface area contributed by atoms with Crippen LogP contribution in [0.25, 0.3) is 0 Å². The van der Waals surface area contributed by atoms with E-state index in [1.54, 1.807) is 0 Å². The first-order valence-corrected chi connectivity index (χ1v) is 8.00. The van der Waals surface area contributed by atoms with Gasteiger partial charge in [-0.15, -0.1) is 0 Å². The quantitative estimate of drug-likeness (QED) is 0.663. The van der Waals surface area contributed by atoms with Gasteiger partial charge >= 0.3 is 0 Å². The highest BCUT2D eigenvalue weighted by molar-refractivity contribution is 5.79. The summed E-state index contributed by atoms with van der Waals surface area (Å²) in [6.07, 6.45) is 2.26. The van der Waals surface area contributed by atoms with E-state index in [9.17, 15) is 9.59 Å². The molecule has 0 aliphatic heterocycles. The minimum atomic E-state index is -0.486. The Morgan fingerprint density at radius 1 is 1.48 bits per heavy atom. The van der Waals surface area contributed by atoms with Gasteiger partial charge in [0.1, 0.15) is 23.8 Å². The van der Waals surface area contributed by atoms with Crippen LogP contribution in [0.15, 0.2) is 27.8 Å². The van der Waals surface area contributed by atoms with Crippen molar-refractivity contribution in [3.8, 4) is 5.75 Å². The second-order valence-corrected chi connectivity index (χ2v) is 6.17. The Balaban J connectivity index is 3.04. The first-order valence-electron chi connectivity index (χ1n) is 8.00. The first-order chi connectivity index (χ1) is 11.8. The molecular weight excluding hydrogens is 322 g/mol. The van der Waals surface area contributed by atoms with E-state index in [4.69, 9.17) is 10.1 Å². The van der Waals surface area contributed by atoms with Gasteiger partial charge in [-0.3, -0.25) is 9.59 Å². The van der Waals surface area contributed by atoms with Crippen LogP contribution < -0.4 is 15.6 Å². The van der Waals surface area contributed by atoms with Crippen molar-refractivity contribution in [1.29, 1.82) is 5.41 Å². The predicted molar refractivity (Wildman–Crippen MR) is 97.5 cm³/mol. The van der Waals surface area contributed by atoms with E-state index in [1.807, 2.05) is 27.7 Å². The number of nitrogens with zero attached hydrogens (tertiary/aromatic N) is 3. The zero-order chi connectivity index (χ0) is 19.0. The van der Waals surface area contributed by atoms with Crippen molar-refractivity contribution in [2.75, 3.05) is 6.61 Å². The van der Waals surface area contributed by atoms with Crippen molar-refractivity contribution in [3.63, 3.8) is 0 Å². The van der Waals surface area contributed by atoms with Gasteiger partial charge in [0.25, 0.3) is 5.56 Å². The molecule has 0 aliphatic rings. The summed E-state index contributed by atoms with van der Waals surface area (Å²) in [5.74, 6) is 0.441. The van der Waals surface area contributed by atoms with Crippen molar-refractivity contribution >= 4 is 18.8 Å². The lowest BCUT2D eigenvalue weighted by atomic mass is 10.1. The summed E-state index contributed by atoms with van der Waals surface area (Å²) in [6.45, 7) is 11.4. The second-order valence-electron chi connectivity index (χ2n) is 6.17. The largest absolute Gasteiger partial charge is 0.491 e. The van der Waals surface area contributed by atoms with E-state index in [-0.39, 0.29) is 18.3 Å². The van der Waals surface area contributed by atoms with Gasteiger partial charge in [0, 0.05) is 18.2 Å². The van der Waals surface area contributed by atoms with Gasteiger partial charge in [-0.25, -0.2) is 9.67 Å². The Morgan fingerprint density at radius 3 is 2.68 bits per heavy atom. The lowest BCUT2D eigenvalue weighted by Gasteiger charge is -2.16. The van der Waals surface area contributed by atoms with Crippen LogP contribution >= 0.6 is 0 Å². The van der Waals surface area contributed by atoms with Gasteiger partial charge in [-0.05, 0) is 18.7 Å². The van der Waals surface area contributed by atoms with E-state index in [2.05, 4.69) is 22.1 Å². The van der Waals surface area contributed by atoms with Crippen molar-refractivity contribution in [1.82, 2.24) is 15.1 Å². The molecule has 2 N–H and O–H groups in total. The molecule has 1 aromatic rings. The number of nitrogens with one attached hydrogen (secondary N) is 2. The van der Waals surface area contributed by atoms with Crippen LogP contribution in [-0.2, 0) is 11.3 Å². The number of aromatic nitrogens is 2. The molecule has 1 heterocycles. The number of ether oxygens (including phenoxy) is 1. The van der Waals surface area contributed by atoms with Gasteiger partial charge in [0.15, 0.2) is 0 Å². The summed E-state index contributed by atoms with van der Waals surface area (Å²) in [7, 11) is 0. The third kappa shape index (κ3) is 6.33. The van der Waals surface area contributed by atoms with Crippen molar-refractivity contribution in [2.24, 2.45) is 10.9 Å². The molecule has 0 saturated heterocycles. The fourth-order valence-corrected chi connectivity index (χ4v) is 1.91. The van der Waals surface area contributed by atoms with Crippen molar-refractivity contribution in [2.45, 2.75) is 40.2 Å². The Bertz CT molecular complexity index is 719. The number of rotatable bonds is 9. The Kier molecular flexibility index (Phi) is 7.71. The maximum Gasteiger partial charge on any atom is 0.270 e. The zero-order valence-electron chi connectivity index (χ0n) is 15.1. The van der Waals surface area contributed by atoms with Gasteiger partial charge in [-0.1, -0.05) is 27.7 Å². The smallest absolute Gasteiger partial charge is 0.270 e. The number of hydrogen-bond donors (Lipinski definition) is 2. The summed E-state index contributed by atoms with van der Waals surface area (Å²) in [5, 5.41) is 13.7. The number of aliphatic imine (C=N–C) groups is 1. The lowest BCUT2D eigenvalue weighted by Crippen LogP contribution is -2.33. The van der Waals surface area contributed by atoms with Crippen molar-refractivity contribution in [3.05, 3.63) is 34.0 Å². The third-order valence-electron chi connectivity index (χ3n) is 3.08. The Hall–Kier alpha value is -2.77. The monoisotopic (exact) mass is 347 g/mol. The summed E-state index contributed by atoms with van der Waals surface area (Å²) in [4.78, 5) is 27.9. The summed E-state index contributed by atoms with van der Waals surface area (Å²) >= 11 is 0. The molecule has 1 amide bonds. The molecule has 0 atom stereocenters. The molecule has 0 bridgehead atoms. The van der Waals surface area contributed by atoms with Crippen LogP contribution in [0.1, 0.15) is 39.3 Å². The zero-order valence-corrected chi connectivity index (χ0v) is 15.1. The van der Waals surface area contributed by atoms with E-state index in [0.717, 1.165) is 10.9 Å². The number of allylic oxidation sites excluding steroid dienone is 1. The van der Waals surface area contributed by atoms with E-state index in [0.29, 0.717) is 24.0 Å². The summed E-state index contributed by atoms with van der Waals surface area (Å²) in [5.41, 5.74) is 0.188. The average molecular weight is 347 g/mol. The van der Waals surface area contributed by atoms with E-state index in [1.165, 1.54) is 12.1 Å². The molecule has 136 valence electrons. The SMILES string of the molecule is C=N/C(=C\C=N)NC(=O)Cn1nc(C(C)C)c(OCC(C)C)cc1=O. The maximum atomic E-state index is 12.2. The highest BCUT2D eigenvalue weighted by Crippen LogP contribution is 2.22. The van der Waals surface area contributed by atoms with Crippen LogP contribution in [0.4, 0.5) is 0 Å². The minimum absolute atomic E-state index is 0.0280. The Labute approximate surface area is 147 Å². The number of carbonyl (C=O) groups is 1. The highest BCUT2D eigenvalue weighted by atomic mass is 16.5. The standard InChI is InChI=1S/C17H25N5O3/c1-11(2)10-25-13-8-16(24)22(21-17(13)12(3)4)9-15(23)20-14(19-5)6-7-18/h6-8,11-12,18H,5,9-10H2,1-4H3,(H,20,23)/b14-6+,18-7?. The van der Waals surface area contributed by atoms with Crippen LogP contribution in [-0.4, -0.2) is 35.2 Å². The fourth-order valence-electron chi connectivity index (χ4n) is 1.91. The van der Waals surface area contributed by atoms with Crippen LogP contribution in [0.2, 0.25) is 0 Å². The van der Waals surface area contributed by atoms with E-state index < -0.39 is 11.5 Å².